The van der Waals surface area contributed by atoms with E-state index >= 15 is 0 Å². The summed E-state index contributed by atoms with van der Waals surface area (Å²) in [5, 5.41) is 6.68. The molecule has 1 aliphatic heterocycles. The number of piperidine rings is 1. The van der Waals surface area contributed by atoms with Gasteiger partial charge in [-0.05, 0) is 65.2 Å². The largest absolute Gasteiger partial charge is 0.349 e. The first-order valence-corrected chi connectivity index (χ1v) is 10.1. The van der Waals surface area contributed by atoms with E-state index in [0.717, 1.165) is 24.7 Å². The molecule has 24 heavy (non-hydrogen) atoms. The number of carbonyl (C=O) groups is 1. The lowest BCUT2D eigenvalue weighted by Gasteiger charge is -2.46. The topological polar surface area (TPSA) is 75.3 Å². The molecule has 0 atom stereocenters. The number of benzene rings is 1. The molecule has 5 nitrogen and oxygen atoms in total. The molecule has 1 aliphatic rings. The number of hydrogen-bond donors (Lipinski definition) is 2. The fourth-order valence-corrected chi connectivity index (χ4v) is 4.41. The van der Waals surface area contributed by atoms with Crippen molar-refractivity contribution in [1.29, 1.82) is 0 Å². The van der Waals surface area contributed by atoms with Crippen molar-refractivity contribution in [3.8, 4) is 0 Å². The molecule has 0 spiro atoms. The molecule has 1 heterocycles. The second kappa shape index (κ2) is 6.15. The van der Waals surface area contributed by atoms with Gasteiger partial charge in [-0.15, -0.1) is 0 Å². The van der Waals surface area contributed by atoms with Crippen LogP contribution in [0.15, 0.2) is 23.1 Å². The predicted molar refractivity (Wildman–Crippen MR) is 96.1 cm³/mol. The van der Waals surface area contributed by atoms with Crippen LogP contribution in [-0.4, -0.2) is 37.7 Å². The van der Waals surface area contributed by atoms with Gasteiger partial charge in [-0.2, -0.15) is 0 Å². The summed E-state index contributed by atoms with van der Waals surface area (Å²) < 4.78 is 23.5. The molecule has 0 saturated carbocycles. The maximum absolute atomic E-state index is 12.7. The van der Waals surface area contributed by atoms with E-state index in [-0.39, 0.29) is 27.9 Å². The van der Waals surface area contributed by atoms with Crippen molar-refractivity contribution in [2.75, 3.05) is 6.26 Å². The Bertz CT molecular complexity index is 736. The van der Waals surface area contributed by atoms with Crippen LogP contribution in [0.3, 0.4) is 0 Å². The zero-order valence-electron chi connectivity index (χ0n) is 15.4. The zero-order valence-corrected chi connectivity index (χ0v) is 16.2. The number of sulfone groups is 1. The molecule has 1 fully saturated rings. The minimum atomic E-state index is -3.34. The molecule has 134 valence electrons. The molecule has 6 heteroatoms. The van der Waals surface area contributed by atoms with Crippen molar-refractivity contribution >= 4 is 15.7 Å². The highest BCUT2D eigenvalue weighted by atomic mass is 32.2. The Balaban J connectivity index is 2.24. The molecule has 0 aromatic heterocycles. The Morgan fingerprint density at radius 3 is 2.21 bits per heavy atom. The van der Waals surface area contributed by atoms with Crippen molar-refractivity contribution in [1.82, 2.24) is 10.6 Å². The lowest BCUT2D eigenvalue weighted by molar-refractivity contribution is 0.0872. The first-order chi connectivity index (χ1) is 10.8. The van der Waals surface area contributed by atoms with Gasteiger partial charge in [-0.1, -0.05) is 6.07 Å². The summed E-state index contributed by atoms with van der Waals surface area (Å²) in [5.74, 6) is -0.212. The molecule has 2 N–H and O–H groups in total. The fraction of sp³-hybridized carbons (Fsp3) is 0.611. The van der Waals surface area contributed by atoms with Crippen LogP contribution in [0.25, 0.3) is 0 Å². The highest BCUT2D eigenvalue weighted by Gasteiger charge is 2.38. The van der Waals surface area contributed by atoms with Crippen LogP contribution in [0.1, 0.15) is 56.5 Å². The summed E-state index contributed by atoms with van der Waals surface area (Å²) >= 11 is 0. The zero-order chi connectivity index (χ0) is 18.3. The quantitative estimate of drug-likeness (QED) is 0.876. The molecular weight excluding hydrogens is 324 g/mol. The van der Waals surface area contributed by atoms with Crippen LogP contribution >= 0.6 is 0 Å². The van der Waals surface area contributed by atoms with Crippen LogP contribution in [-0.2, 0) is 9.84 Å². The molecular formula is C18H28N2O3S. The van der Waals surface area contributed by atoms with Gasteiger partial charge in [0.25, 0.3) is 5.91 Å². The lowest BCUT2D eigenvalue weighted by Crippen LogP contribution is -2.62. The number of nitrogens with one attached hydrogen (secondary N) is 2. The van der Waals surface area contributed by atoms with E-state index in [1.807, 2.05) is 6.92 Å². The highest BCUT2D eigenvalue weighted by Crippen LogP contribution is 2.29. The van der Waals surface area contributed by atoms with Gasteiger partial charge in [-0.3, -0.25) is 4.79 Å². The van der Waals surface area contributed by atoms with E-state index < -0.39 is 9.84 Å². The van der Waals surface area contributed by atoms with E-state index in [9.17, 15) is 13.2 Å². The summed E-state index contributed by atoms with van der Waals surface area (Å²) in [4.78, 5) is 12.9. The third kappa shape index (κ3) is 4.57. The van der Waals surface area contributed by atoms with Crippen molar-refractivity contribution in [3.05, 3.63) is 29.3 Å². The van der Waals surface area contributed by atoms with E-state index in [4.69, 9.17) is 0 Å². The van der Waals surface area contributed by atoms with Gasteiger partial charge in [0.15, 0.2) is 9.84 Å². The van der Waals surface area contributed by atoms with Crippen LogP contribution in [0.4, 0.5) is 0 Å². The number of rotatable bonds is 3. The Morgan fingerprint density at radius 2 is 1.71 bits per heavy atom. The SMILES string of the molecule is Cc1ccc(S(C)(=O)=O)cc1C(=O)NC1CC(C)(C)NC(C)(C)C1. The minimum Gasteiger partial charge on any atom is -0.349 e. The van der Waals surface area contributed by atoms with E-state index in [2.05, 4.69) is 38.3 Å². The van der Waals surface area contributed by atoms with Crippen LogP contribution in [0.5, 0.6) is 0 Å². The normalized spacial score (nSPS) is 20.6. The van der Waals surface area contributed by atoms with Crippen LogP contribution in [0.2, 0.25) is 0 Å². The van der Waals surface area contributed by atoms with Gasteiger partial charge in [0.1, 0.15) is 0 Å². The van der Waals surface area contributed by atoms with Crippen molar-refractivity contribution < 1.29 is 13.2 Å². The average Bonchev–Trinajstić information content (AvgIpc) is 2.33. The molecule has 1 amide bonds. The third-order valence-corrected chi connectivity index (χ3v) is 5.52. The third-order valence-electron chi connectivity index (χ3n) is 4.41. The van der Waals surface area contributed by atoms with Gasteiger partial charge in [0.2, 0.25) is 0 Å². The second-order valence-electron chi connectivity index (χ2n) is 8.22. The molecule has 1 aromatic rings. The van der Waals surface area contributed by atoms with Gasteiger partial charge in [-0.25, -0.2) is 8.42 Å². The Morgan fingerprint density at radius 1 is 1.17 bits per heavy atom. The van der Waals surface area contributed by atoms with Gasteiger partial charge < -0.3 is 10.6 Å². The lowest BCUT2D eigenvalue weighted by atomic mass is 9.79. The van der Waals surface area contributed by atoms with Crippen molar-refractivity contribution in [2.24, 2.45) is 0 Å². The Kier molecular flexibility index (Phi) is 4.85. The van der Waals surface area contributed by atoms with Gasteiger partial charge in [0.05, 0.1) is 4.90 Å². The van der Waals surface area contributed by atoms with Crippen LogP contribution < -0.4 is 10.6 Å². The average molecular weight is 353 g/mol. The number of hydrogen-bond acceptors (Lipinski definition) is 4. The number of aryl methyl sites for hydroxylation is 1. The predicted octanol–water partition coefficient (Wildman–Crippen LogP) is 2.44. The Hall–Kier alpha value is -1.40. The molecule has 2 rings (SSSR count). The maximum Gasteiger partial charge on any atom is 0.251 e. The molecule has 0 unspecified atom stereocenters. The monoisotopic (exact) mass is 352 g/mol. The van der Waals surface area contributed by atoms with Gasteiger partial charge in [0, 0.05) is 28.9 Å². The summed E-state index contributed by atoms with van der Waals surface area (Å²) in [5.41, 5.74) is 1.06. The first-order valence-electron chi connectivity index (χ1n) is 8.20. The molecule has 0 radical (unpaired) electrons. The van der Waals surface area contributed by atoms with E-state index in [0.29, 0.717) is 5.56 Å². The molecule has 0 aliphatic carbocycles. The smallest absolute Gasteiger partial charge is 0.251 e. The number of amides is 1. The molecule has 1 saturated heterocycles. The summed E-state index contributed by atoms with van der Waals surface area (Å²) in [7, 11) is -3.34. The molecule has 0 bridgehead atoms. The molecule has 1 aromatic carbocycles. The summed E-state index contributed by atoms with van der Waals surface area (Å²) in [6.07, 6.45) is 2.80. The Labute approximate surface area is 145 Å². The van der Waals surface area contributed by atoms with Crippen molar-refractivity contribution in [3.63, 3.8) is 0 Å². The fourth-order valence-electron chi connectivity index (χ4n) is 3.76. The van der Waals surface area contributed by atoms with Gasteiger partial charge >= 0.3 is 0 Å². The minimum absolute atomic E-state index is 0.0463. The second-order valence-corrected chi connectivity index (χ2v) is 10.2. The highest BCUT2D eigenvalue weighted by molar-refractivity contribution is 7.90. The summed E-state index contributed by atoms with van der Waals surface area (Å²) in [6.45, 7) is 10.3. The van der Waals surface area contributed by atoms with E-state index in [1.54, 1.807) is 6.07 Å². The van der Waals surface area contributed by atoms with Crippen molar-refractivity contribution in [2.45, 2.75) is 69.5 Å². The van der Waals surface area contributed by atoms with Crippen LogP contribution in [0, 0.1) is 6.92 Å². The maximum atomic E-state index is 12.7. The first kappa shape index (κ1) is 18.9. The standard InChI is InChI=1S/C18H28N2O3S/c1-12-7-8-14(24(6,22)23)9-15(12)16(21)19-13-10-17(2,3)20-18(4,5)11-13/h7-9,13,20H,10-11H2,1-6H3,(H,19,21). The number of carbonyl (C=O) groups excluding carboxylic acids is 1. The van der Waals surface area contributed by atoms with E-state index in [1.165, 1.54) is 12.1 Å². The summed E-state index contributed by atoms with van der Waals surface area (Å²) in [6, 6.07) is 4.74.